The minimum Gasteiger partial charge on any atom is -0.497 e. The number of aliphatic carboxylic acids is 1. The summed E-state index contributed by atoms with van der Waals surface area (Å²) in [5, 5.41) is 11.8. The lowest BCUT2D eigenvalue weighted by Crippen LogP contribution is -2.45. The minimum atomic E-state index is -0.945. The molecule has 0 saturated carbocycles. The first-order valence-electron chi connectivity index (χ1n) is 6.51. The van der Waals surface area contributed by atoms with Crippen LogP contribution in [-0.2, 0) is 4.79 Å². The summed E-state index contributed by atoms with van der Waals surface area (Å²) in [6.45, 7) is 5.67. The van der Waals surface area contributed by atoms with Crippen molar-refractivity contribution in [1.29, 1.82) is 0 Å². The Morgan fingerprint density at radius 2 is 2.00 bits per heavy atom. The van der Waals surface area contributed by atoms with E-state index in [1.165, 1.54) is 7.11 Å². The molecule has 0 heterocycles. The lowest BCUT2D eigenvalue weighted by Gasteiger charge is -2.30. The summed E-state index contributed by atoms with van der Waals surface area (Å²) in [6, 6.07) is 4.59. The zero-order valence-electron chi connectivity index (χ0n) is 12.6. The Labute approximate surface area is 132 Å². The van der Waals surface area contributed by atoms with Crippen molar-refractivity contribution < 1.29 is 19.4 Å². The molecule has 1 unspecified atom stereocenters. The molecular formula is C15H20BrNO4. The molecular weight excluding hydrogens is 338 g/mol. The van der Waals surface area contributed by atoms with Gasteiger partial charge in [0, 0.05) is 10.5 Å². The SMILES string of the molecule is COc1ccc(Br)c(C(=O)NC(CC(=O)O)C(C)(C)C)c1. The first-order chi connectivity index (χ1) is 9.65. The van der Waals surface area contributed by atoms with Crippen LogP contribution < -0.4 is 10.1 Å². The van der Waals surface area contributed by atoms with E-state index in [9.17, 15) is 9.59 Å². The van der Waals surface area contributed by atoms with Gasteiger partial charge in [-0.3, -0.25) is 9.59 Å². The number of amides is 1. The zero-order valence-corrected chi connectivity index (χ0v) is 14.2. The van der Waals surface area contributed by atoms with Crippen molar-refractivity contribution in [1.82, 2.24) is 5.32 Å². The molecule has 1 rings (SSSR count). The van der Waals surface area contributed by atoms with Gasteiger partial charge in [-0.05, 0) is 39.5 Å². The second-order valence-corrected chi connectivity index (χ2v) is 6.69. The summed E-state index contributed by atoms with van der Waals surface area (Å²) in [5.41, 5.74) is 0.0494. The van der Waals surface area contributed by atoms with E-state index >= 15 is 0 Å². The van der Waals surface area contributed by atoms with Crippen LogP contribution >= 0.6 is 15.9 Å². The third-order valence-electron chi connectivity index (χ3n) is 3.15. The molecule has 6 heteroatoms. The number of ether oxygens (including phenoxy) is 1. The van der Waals surface area contributed by atoms with E-state index in [4.69, 9.17) is 9.84 Å². The third kappa shape index (κ3) is 5.04. The normalized spacial score (nSPS) is 12.6. The third-order valence-corrected chi connectivity index (χ3v) is 3.84. The fraction of sp³-hybridized carbons (Fsp3) is 0.467. The highest BCUT2D eigenvalue weighted by molar-refractivity contribution is 9.10. The molecule has 0 aliphatic heterocycles. The largest absolute Gasteiger partial charge is 0.497 e. The number of carboxylic acids is 1. The molecule has 2 N–H and O–H groups in total. The molecule has 0 aliphatic rings. The number of hydrogen-bond acceptors (Lipinski definition) is 3. The van der Waals surface area contributed by atoms with Crippen LogP contribution in [0.25, 0.3) is 0 Å². The highest BCUT2D eigenvalue weighted by atomic mass is 79.9. The second kappa shape index (κ2) is 6.93. The van der Waals surface area contributed by atoms with Crippen molar-refractivity contribution in [3.63, 3.8) is 0 Å². The van der Waals surface area contributed by atoms with Gasteiger partial charge in [-0.25, -0.2) is 0 Å². The maximum Gasteiger partial charge on any atom is 0.305 e. The first-order valence-corrected chi connectivity index (χ1v) is 7.30. The highest BCUT2D eigenvalue weighted by Crippen LogP contribution is 2.25. The van der Waals surface area contributed by atoms with E-state index in [2.05, 4.69) is 21.2 Å². The van der Waals surface area contributed by atoms with Crippen LogP contribution in [-0.4, -0.2) is 30.1 Å². The predicted molar refractivity (Wildman–Crippen MR) is 83.7 cm³/mol. The van der Waals surface area contributed by atoms with Gasteiger partial charge in [-0.15, -0.1) is 0 Å². The van der Waals surface area contributed by atoms with Crippen molar-refractivity contribution in [3.8, 4) is 5.75 Å². The molecule has 0 radical (unpaired) electrons. The van der Waals surface area contributed by atoms with E-state index in [-0.39, 0.29) is 17.7 Å². The number of halogens is 1. The van der Waals surface area contributed by atoms with Gasteiger partial charge < -0.3 is 15.2 Å². The molecule has 0 fully saturated rings. The van der Waals surface area contributed by atoms with E-state index in [0.717, 1.165) is 0 Å². The summed E-state index contributed by atoms with van der Waals surface area (Å²) in [6.07, 6.45) is -0.128. The van der Waals surface area contributed by atoms with Crippen molar-refractivity contribution in [2.75, 3.05) is 7.11 Å². The fourth-order valence-electron chi connectivity index (χ4n) is 1.79. The highest BCUT2D eigenvalue weighted by Gasteiger charge is 2.29. The molecule has 0 saturated heterocycles. The Kier molecular flexibility index (Phi) is 5.78. The molecule has 1 atom stereocenters. The Bertz CT molecular complexity index is 537. The molecule has 21 heavy (non-hydrogen) atoms. The summed E-state index contributed by atoms with van der Waals surface area (Å²) in [4.78, 5) is 23.3. The minimum absolute atomic E-state index is 0.128. The number of nitrogens with one attached hydrogen (secondary N) is 1. The first kappa shape index (κ1) is 17.5. The lowest BCUT2D eigenvalue weighted by molar-refractivity contribution is -0.138. The zero-order chi connectivity index (χ0) is 16.2. The quantitative estimate of drug-likeness (QED) is 0.848. The number of carbonyl (C=O) groups excluding carboxylic acids is 1. The molecule has 0 bridgehead atoms. The topological polar surface area (TPSA) is 75.6 Å². The maximum atomic E-state index is 12.4. The standard InChI is InChI=1S/C15H20BrNO4/c1-15(2,3)12(8-13(18)19)17-14(20)10-7-9(21-4)5-6-11(10)16/h5-7,12H,8H2,1-4H3,(H,17,20)(H,18,19). The van der Waals surface area contributed by atoms with Crippen LogP contribution in [0.15, 0.2) is 22.7 Å². The van der Waals surface area contributed by atoms with Gasteiger partial charge >= 0.3 is 5.97 Å². The van der Waals surface area contributed by atoms with Gasteiger partial charge in [0.05, 0.1) is 19.1 Å². The summed E-state index contributed by atoms with van der Waals surface area (Å²) in [5.74, 6) is -0.712. The van der Waals surface area contributed by atoms with Gasteiger partial charge in [0.15, 0.2) is 0 Å². The van der Waals surface area contributed by atoms with Crippen LogP contribution in [0.5, 0.6) is 5.75 Å². The monoisotopic (exact) mass is 357 g/mol. The van der Waals surface area contributed by atoms with Crippen LogP contribution in [0.1, 0.15) is 37.6 Å². The summed E-state index contributed by atoms with van der Waals surface area (Å²) < 4.78 is 5.73. The predicted octanol–water partition coefficient (Wildman–Crippen LogP) is 3.08. The van der Waals surface area contributed by atoms with E-state index < -0.39 is 12.0 Å². The Morgan fingerprint density at radius 1 is 1.38 bits per heavy atom. The average Bonchev–Trinajstić information content (AvgIpc) is 2.36. The molecule has 0 spiro atoms. The number of benzene rings is 1. The maximum absolute atomic E-state index is 12.4. The van der Waals surface area contributed by atoms with Crippen LogP contribution in [0.3, 0.4) is 0 Å². The smallest absolute Gasteiger partial charge is 0.305 e. The average molecular weight is 358 g/mol. The number of carboxylic acid groups (broad SMARTS) is 1. The number of methoxy groups -OCH3 is 1. The van der Waals surface area contributed by atoms with Gasteiger partial charge in [0.2, 0.25) is 0 Å². The van der Waals surface area contributed by atoms with Gasteiger partial charge in [0.1, 0.15) is 5.75 Å². The van der Waals surface area contributed by atoms with Crippen LogP contribution in [0.2, 0.25) is 0 Å². The summed E-state index contributed by atoms with van der Waals surface area (Å²) in [7, 11) is 1.52. The van der Waals surface area contributed by atoms with Crippen molar-refractivity contribution >= 4 is 27.8 Å². The summed E-state index contributed by atoms with van der Waals surface area (Å²) >= 11 is 3.32. The Balaban J connectivity index is 2.99. The van der Waals surface area contributed by atoms with Gasteiger partial charge in [-0.2, -0.15) is 0 Å². The molecule has 1 aromatic rings. The lowest BCUT2D eigenvalue weighted by atomic mass is 9.84. The molecule has 5 nitrogen and oxygen atoms in total. The van der Waals surface area contributed by atoms with Crippen LogP contribution in [0.4, 0.5) is 0 Å². The van der Waals surface area contributed by atoms with Crippen molar-refractivity contribution in [2.24, 2.45) is 5.41 Å². The van der Waals surface area contributed by atoms with E-state index in [1.807, 2.05) is 20.8 Å². The van der Waals surface area contributed by atoms with Crippen molar-refractivity contribution in [3.05, 3.63) is 28.2 Å². The molecule has 0 aliphatic carbocycles. The fourth-order valence-corrected chi connectivity index (χ4v) is 2.22. The number of hydrogen-bond donors (Lipinski definition) is 2. The Morgan fingerprint density at radius 3 is 2.48 bits per heavy atom. The molecule has 1 amide bonds. The van der Waals surface area contributed by atoms with Gasteiger partial charge in [0.25, 0.3) is 5.91 Å². The number of carbonyl (C=O) groups is 2. The number of rotatable bonds is 5. The Hall–Kier alpha value is -1.56. The van der Waals surface area contributed by atoms with Gasteiger partial charge in [-0.1, -0.05) is 20.8 Å². The molecule has 0 aromatic heterocycles. The van der Waals surface area contributed by atoms with Crippen molar-refractivity contribution in [2.45, 2.75) is 33.2 Å². The second-order valence-electron chi connectivity index (χ2n) is 5.84. The van der Waals surface area contributed by atoms with Crippen LogP contribution in [0, 0.1) is 5.41 Å². The van der Waals surface area contributed by atoms with E-state index in [0.29, 0.717) is 15.8 Å². The molecule has 1 aromatic carbocycles. The molecule has 116 valence electrons. The van der Waals surface area contributed by atoms with E-state index in [1.54, 1.807) is 18.2 Å².